The van der Waals surface area contributed by atoms with Gasteiger partial charge >= 0.3 is 17.9 Å². The van der Waals surface area contributed by atoms with Gasteiger partial charge in [0.25, 0.3) is 0 Å². The third kappa shape index (κ3) is 30.8. The molecule has 0 aliphatic carbocycles. The van der Waals surface area contributed by atoms with Gasteiger partial charge in [0.1, 0.15) is 48.0 Å². The first-order chi connectivity index (χ1) is 49.0. The Morgan fingerprint density at radius 2 is 1.24 bits per heavy atom. The van der Waals surface area contributed by atoms with Crippen LogP contribution in [0, 0.1) is 27.9 Å². The van der Waals surface area contributed by atoms with Crippen molar-refractivity contribution >= 4 is 93.4 Å². The molecule has 11 atom stereocenters. The number of carbonyl (C=O) groups is 12. The fourth-order valence-corrected chi connectivity index (χ4v) is 10.9. The standard InChI is InChI=1S/C69H106N14O21/c1-13-18-47-62(92)79-51(35-42-20-16-15-17-21-42)53(86)36-43(34-39(3)4)59(89)75-49(26-29-73-67(97)103-69(10,11)12)63(93)74-45(24-28-72-66(96)102-68(7,8)9)54(87)37-44(40(5)84)60(90)71-27-25-50(64(94)76-47)77-61(91)48(19-14-2)78-65(95)56(41(6)85)80-55(88)38-101-33-32-100-31-30-70-46-22-23-52(83(98)99)58-57(46)81-104-82-58/h15-17,20-23,39-41,43-45,47-51,56,70,84-85H,13-14,18-19,24-38H2,1-12H3,(H,71,90)(H,72,96)(H,73,97)(H,74,93)(H,75,89)(H,76,94)(H,77,91)(H,78,95)(H,79,92)(H,80,88)/t40-,41+,43+,44+,45-,47+,48-,49-,50?,51+,56-/m0/s1. The van der Waals surface area contributed by atoms with Crippen molar-refractivity contribution in [2.45, 2.75) is 219 Å². The van der Waals surface area contributed by atoms with E-state index >= 15 is 0 Å². The van der Waals surface area contributed by atoms with Gasteiger partial charge in [0.2, 0.25) is 52.8 Å². The van der Waals surface area contributed by atoms with Gasteiger partial charge in [0, 0.05) is 51.0 Å². The molecular weight excluding hydrogens is 1360 g/mol. The SMILES string of the molecule is CCC[C@H](NC(=O)[C@@H](NC(=O)COCCOCCNc1ccc([N+](=O)[O-])c2nonc12)[C@@H](C)O)C(=O)NC1CCNC(=O)[C@@H]([C@H](C)O)CC(=O)[C@H](CCNC(=O)OC(C)(C)C)NC(=O)[C@H](CCNC(=O)OC(C)(C)C)NC(=O)[C@H](CC(C)C)CC(=O)[C@@H](Cc2ccccc2)NC(=O)[C@@H](CCC)NC1=O. The third-order valence-electron chi connectivity index (χ3n) is 16.1. The van der Waals surface area contributed by atoms with Gasteiger partial charge in [-0.15, -0.1) is 0 Å². The van der Waals surface area contributed by atoms with Crippen LogP contribution in [0.5, 0.6) is 0 Å². The van der Waals surface area contributed by atoms with Gasteiger partial charge < -0.3 is 87.6 Å². The average Bonchev–Trinajstić information content (AvgIpc) is 1.51. The van der Waals surface area contributed by atoms with E-state index in [0.29, 0.717) is 11.3 Å². The van der Waals surface area contributed by atoms with E-state index in [9.17, 15) is 77.9 Å². The number of anilines is 1. The molecule has 1 aliphatic rings. The second-order valence-electron chi connectivity index (χ2n) is 27.9. The van der Waals surface area contributed by atoms with Gasteiger partial charge in [-0.25, -0.2) is 14.2 Å². The van der Waals surface area contributed by atoms with E-state index in [0.717, 1.165) is 0 Å². The second kappa shape index (κ2) is 43.0. The molecule has 35 heteroatoms. The fourth-order valence-electron chi connectivity index (χ4n) is 10.9. The number of rotatable bonds is 31. The third-order valence-corrected chi connectivity index (χ3v) is 16.1. The number of nitrogens with zero attached hydrogens (tertiary/aromatic N) is 3. The number of benzene rings is 2. The minimum Gasteiger partial charge on any atom is -0.444 e. The van der Waals surface area contributed by atoms with Crippen molar-refractivity contribution in [2.75, 3.05) is 57.9 Å². The number of hydrogen-bond donors (Lipinski definition) is 13. The van der Waals surface area contributed by atoms with Crippen LogP contribution < -0.4 is 58.5 Å². The lowest BCUT2D eigenvalue weighted by atomic mass is 9.88. The van der Waals surface area contributed by atoms with E-state index in [-0.39, 0.29) is 113 Å². The van der Waals surface area contributed by atoms with Crippen molar-refractivity contribution in [2.24, 2.45) is 17.8 Å². The zero-order chi connectivity index (χ0) is 77.4. The van der Waals surface area contributed by atoms with E-state index in [4.69, 9.17) is 18.9 Å². The quantitative estimate of drug-likeness (QED) is 0.0249. The predicted molar refractivity (Wildman–Crippen MR) is 376 cm³/mol. The number of ether oxygens (including phenoxy) is 4. The maximum Gasteiger partial charge on any atom is 0.407 e. The minimum absolute atomic E-state index is 0.00700. The minimum atomic E-state index is -1.65. The van der Waals surface area contributed by atoms with Crippen LogP contribution in [0.1, 0.15) is 153 Å². The van der Waals surface area contributed by atoms with Crippen LogP contribution in [0.3, 0.4) is 0 Å². The van der Waals surface area contributed by atoms with Crippen LogP contribution >= 0.6 is 0 Å². The van der Waals surface area contributed by atoms with Crippen LogP contribution in [0.25, 0.3) is 11.0 Å². The normalized spacial score (nSPS) is 20.6. The van der Waals surface area contributed by atoms with Crippen LogP contribution in [-0.4, -0.2) is 215 Å². The monoisotopic (exact) mass is 1470 g/mol. The van der Waals surface area contributed by atoms with Gasteiger partial charge in [-0.1, -0.05) is 70.9 Å². The van der Waals surface area contributed by atoms with E-state index in [1.165, 1.54) is 26.0 Å². The van der Waals surface area contributed by atoms with E-state index < -0.39 is 186 Å². The summed E-state index contributed by atoms with van der Waals surface area (Å²) in [5.41, 5.74) is -1.00. The number of fused-ring (bicyclic) bond motifs is 1. The lowest BCUT2D eigenvalue weighted by Crippen LogP contribution is -2.60. The number of aromatic nitrogens is 2. The van der Waals surface area contributed by atoms with Crippen LogP contribution in [-0.2, 0) is 73.3 Å². The molecule has 4 rings (SSSR count). The number of alkyl carbamates (subject to hydrolysis) is 2. The van der Waals surface area contributed by atoms with Crippen molar-refractivity contribution < 1.29 is 96.2 Å². The number of aliphatic hydroxyl groups is 2. The molecule has 0 saturated carbocycles. The summed E-state index contributed by atoms with van der Waals surface area (Å²) in [6.45, 7) is 17.9. The smallest absolute Gasteiger partial charge is 0.407 e. The van der Waals surface area contributed by atoms with Crippen molar-refractivity contribution in [3.63, 3.8) is 0 Å². The zero-order valence-electron chi connectivity index (χ0n) is 61.4. The molecule has 1 saturated heterocycles. The number of nitro benzene ring substituents is 1. The molecule has 10 amide bonds. The number of ketones is 2. The lowest BCUT2D eigenvalue weighted by molar-refractivity contribution is -0.383. The molecule has 0 bridgehead atoms. The molecule has 0 radical (unpaired) electrons. The van der Waals surface area contributed by atoms with E-state index in [1.807, 2.05) is 0 Å². The van der Waals surface area contributed by atoms with Gasteiger partial charge in [-0.05, 0) is 128 Å². The van der Waals surface area contributed by atoms with Gasteiger partial charge in [-0.2, -0.15) is 0 Å². The summed E-state index contributed by atoms with van der Waals surface area (Å²) in [7, 11) is 0. The highest BCUT2D eigenvalue weighted by Crippen LogP contribution is 2.29. The summed E-state index contributed by atoms with van der Waals surface area (Å²) in [4.78, 5) is 181. The van der Waals surface area contributed by atoms with E-state index in [1.54, 1.807) is 99.6 Å². The first kappa shape index (κ1) is 86.9. The molecule has 35 nitrogen and oxygen atoms in total. The molecule has 1 unspecified atom stereocenters. The number of amides is 10. The van der Waals surface area contributed by atoms with Crippen molar-refractivity contribution in [1.29, 1.82) is 0 Å². The Labute approximate surface area is 604 Å². The summed E-state index contributed by atoms with van der Waals surface area (Å²) < 4.78 is 26.4. The number of nitro groups is 1. The van der Waals surface area contributed by atoms with Crippen LogP contribution in [0.4, 0.5) is 21.0 Å². The summed E-state index contributed by atoms with van der Waals surface area (Å²) in [5.74, 6) is -11.6. The fraction of sp³-hybridized carbons (Fsp3) is 0.652. The highest BCUT2D eigenvalue weighted by molar-refractivity contribution is 5.99. The summed E-state index contributed by atoms with van der Waals surface area (Å²) >= 11 is 0. The Morgan fingerprint density at radius 3 is 1.83 bits per heavy atom. The first-order valence-corrected chi connectivity index (χ1v) is 35.1. The molecule has 578 valence electrons. The number of carbonyl (C=O) groups excluding carboxylic acids is 12. The molecule has 2 aromatic carbocycles. The molecular formula is C69H106N14O21. The first-order valence-electron chi connectivity index (χ1n) is 35.1. The molecule has 3 aromatic rings. The number of non-ortho nitro benzene ring substituents is 1. The molecule has 1 fully saturated rings. The highest BCUT2D eigenvalue weighted by Gasteiger charge is 2.38. The maximum atomic E-state index is 14.9. The summed E-state index contributed by atoms with van der Waals surface area (Å²) in [6, 6.07) is 0.818. The molecule has 13 N–H and O–H groups in total. The Hall–Kier alpha value is -9.48. The Kier molecular flexibility index (Phi) is 35.9. The predicted octanol–water partition coefficient (Wildman–Crippen LogP) is 2.12. The van der Waals surface area contributed by atoms with Gasteiger partial charge in [0.15, 0.2) is 17.1 Å². The number of Topliss-reactive ketones (excluding diaryl/α,β-unsaturated/α-hetero) is 2. The lowest BCUT2D eigenvalue weighted by Gasteiger charge is -2.28. The van der Waals surface area contributed by atoms with Crippen molar-refractivity contribution in [1.82, 2.24) is 63.5 Å². The van der Waals surface area contributed by atoms with Crippen molar-refractivity contribution in [3.8, 4) is 0 Å². The number of aliphatic hydroxyl groups excluding tert-OH is 2. The zero-order valence-corrected chi connectivity index (χ0v) is 61.4. The largest absolute Gasteiger partial charge is 0.444 e. The van der Waals surface area contributed by atoms with Crippen LogP contribution in [0.2, 0.25) is 0 Å². The number of hydrogen-bond acceptors (Lipinski definition) is 24. The average molecular weight is 1470 g/mol. The van der Waals surface area contributed by atoms with E-state index in [2.05, 4.69) is 73.4 Å². The highest BCUT2D eigenvalue weighted by atomic mass is 16.6. The second-order valence-corrected chi connectivity index (χ2v) is 27.9. The van der Waals surface area contributed by atoms with Gasteiger partial charge in [0.05, 0.1) is 60.6 Å². The summed E-state index contributed by atoms with van der Waals surface area (Å²) in [6.07, 6.45) is -6.65. The summed E-state index contributed by atoms with van der Waals surface area (Å²) in [5, 5.41) is 69.7. The number of nitrogens with one attached hydrogen (secondary N) is 11. The van der Waals surface area contributed by atoms with Crippen molar-refractivity contribution in [3.05, 3.63) is 58.1 Å². The molecule has 104 heavy (non-hydrogen) atoms. The van der Waals surface area contributed by atoms with Crippen LogP contribution in [0.15, 0.2) is 47.1 Å². The maximum absolute atomic E-state index is 14.9. The Balaban J connectivity index is 1.66. The Morgan fingerprint density at radius 1 is 0.663 bits per heavy atom. The Bertz CT molecular complexity index is 3370. The topological polar surface area (TPSA) is 497 Å². The molecule has 1 aromatic heterocycles. The van der Waals surface area contributed by atoms with Gasteiger partial charge in [-0.3, -0.25) is 58.1 Å². The molecule has 2 heterocycles. The molecule has 0 spiro atoms. The molecule has 1 aliphatic heterocycles.